The van der Waals surface area contributed by atoms with Gasteiger partial charge in [0.15, 0.2) is 0 Å². The van der Waals surface area contributed by atoms with E-state index < -0.39 is 18.0 Å². The third-order valence-corrected chi connectivity index (χ3v) is 2.80. The van der Waals surface area contributed by atoms with Crippen molar-refractivity contribution in [2.75, 3.05) is 0 Å². The molecule has 1 aromatic carbocycles. The van der Waals surface area contributed by atoms with Crippen molar-refractivity contribution in [1.82, 2.24) is 10.6 Å². The van der Waals surface area contributed by atoms with Crippen molar-refractivity contribution in [3.8, 4) is 0 Å². The SMILES string of the molecule is C[C@@H](CCc1ccccc1)NC(=O)N[C@H](C)C(=O)O. The Morgan fingerprint density at radius 1 is 1.16 bits per heavy atom. The zero-order chi connectivity index (χ0) is 14.3. The average molecular weight is 264 g/mol. The van der Waals surface area contributed by atoms with Gasteiger partial charge in [-0.15, -0.1) is 0 Å². The molecular formula is C14H20N2O3. The molecule has 0 saturated carbocycles. The van der Waals surface area contributed by atoms with E-state index in [1.54, 1.807) is 0 Å². The number of hydrogen-bond acceptors (Lipinski definition) is 2. The van der Waals surface area contributed by atoms with E-state index in [-0.39, 0.29) is 6.04 Å². The Morgan fingerprint density at radius 2 is 1.79 bits per heavy atom. The molecule has 1 rings (SSSR count). The van der Waals surface area contributed by atoms with Gasteiger partial charge in [-0.25, -0.2) is 4.79 Å². The molecule has 0 fully saturated rings. The predicted octanol–water partition coefficient (Wildman–Crippen LogP) is 1.78. The summed E-state index contributed by atoms with van der Waals surface area (Å²) in [7, 11) is 0. The molecule has 2 atom stereocenters. The number of nitrogens with one attached hydrogen (secondary N) is 2. The van der Waals surface area contributed by atoms with Crippen LogP contribution in [0, 0.1) is 0 Å². The van der Waals surface area contributed by atoms with Crippen LogP contribution in [0.5, 0.6) is 0 Å². The summed E-state index contributed by atoms with van der Waals surface area (Å²) < 4.78 is 0. The molecule has 0 aliphatic rings. The number of carbonyl (C=O) groups excluding carboxylic acids is 1. The first-order chi connectivity index (χ1) is 8.99. The molecule has 19 heavy (non-hydrogen) atoms. The lowest BCUT2D eigenvalue weighted by atomic mass is 10.1. The predicted molar refractivity (Wildman–Crippen MR) is 73.0 cm³/mol. The molecule has 0 aromatic heterocycles. The third-order valence-electron chi connectivity index (χ3n) is 2.80. The lowest BCUT2D eigenvalue weighted by molar-refractivity contribution is -0.138. The Balaban J connectivity index is 2.29. The molecule has 2 amide bonds. The van der Waals surface area contributed by atoms with Gasteiger partial charge >= 0.3 is 12.0 Å². The fourth-order valence-electron chi connectivity index (χ4n) is 1.62. The second kappa shape index (κ2) is 7.41. The van der Waals surface area contributed by atoms with E-state index in [0.717, 1.165) is 12.8 Å². The third kappa shape index (κ3) is 5.90. The zero-order valence-corrected chi connectivity index (χ0v) is 11.2. The fourth-order valence-corrected chi connectivity index (χ4v) is 1.62. The number of hydrogen-bond donors (Lipinski definition) is 3. The summed E-state index contributed by atoms with van der Waals surface area (Å²) in [6.45, 7) is 3.32. The highest BCUT2D eigenvalue weighted by molar-refractivity contribution is 5.82. The number of benzene rings is 1. The minimum absolute atomic E-state index is 0.0128. The first-order valence-corrected chi connectivity index (χ1v) is 6.33. The lowest BCUT2D eigenvalue weighted by Gasteiger charge is -2.16. The van der Waals surface area contributed by atoms with Gasteiger partial charge in [-0.05, 0) is 32.3 Å². The summed E-state index contributed by atoms with van der Waals surface area (Å²) in [5, 5.41) is 13.8. The van der Waals surface area contributed by atoms with Gasteiger partial charge in [0.25, 0.3) is 0 Å². The summed E-state index contributed by atoms with van der Waals surface area (Å²) in [5.41, 5.74) is 1.22. The molecule has 0 saturated heterocycles. The van der Waals surface area contributed by atoms with Gasteiger partial charge < -0.3 is 15.7 Å². The van der Waals surface area contributed by atoms with Crippen LogP contribution in [0.25, 0.3) is 0 Å². The molecule has 0 aliphatic carbocycles. The first-order valence-electron chi connectivity index (χ1n) is 6.33. The molecule has 104 valence electrons. The van der Waals surface area contributed by atoms with Gasteiger partial charge in [0, 0.05) is 6.04 Å². The summed E-state index contributed by atoms with van der Waals surface area (Å²) >= 11 is 0. The highest BCUT2D eigenvalue weighted by Crippen LogP contribution is 2.04. The van der Waals surface area contributed by atoms with Crippen LogP contribution >= 0.6 is 0 Å². The highest BCUT2D eigenvalue weighted by Gasteiger charge is 2.14. The second-order valence-electron chi connectivity index (χ2n) is 4.60. The van der Waals surface area contributed by atoms with Gasteiger partial charge in [-0.3, -0.25) is 4.79 Å². The number of aliphatic carboxylic acids is 1. The van der Waals surface area contributed by atoms with Crippen LogP contribution in [0.1, 0.15) is 25.8 Å². The van der Waals surface area contributed by atoms with Crippen molar-refractivity contribution in [2.24, 2.45) is 0 Å². The monoisotopic (exact) mass is 264 g/mol. The molecule has 0 aliphatic heterocycles. The van der Waals surface area contributed by atoms with Crippen molar-refractivity contribution in [3.05, 3.63) is 35.9 Å². The Morgan fingerprint density at radius 3 is 2.37 bits per heavy atom. The average Bonchev–Trinajstić information content (AvgIpc) is 2.37. The van der Waals surface area contributed by atoms with Crippen molar-refractivity contribution in [2.45, 2.75) is 38.8 Å². The number of carboxylic acids is 1. The van der Waals surface area contributed by atoms with Gasteiger partial charge in [0.2, 0.25) is 0 Å². The second-order valence-corrected chi connectivity index (χ2v) is 4.60. The topological polar surface area (TPSA) is 78.4 Å². The van der Waals surface area contributed by atoms with E-state index in [9.17, 15) is 9.59 Å². The van der Waals surface area contributed by atoms with Gasteiger partial charge in [0.1, 0.15) is 6.04 Å². The molecule has 0 bridgehead atoms. The number of amides is 2. The van der Waals surface area contributed by atoms with E-state index in [1.165, 1.54) is 12.5 Å². The van der Waals surface area contributed by atoms with Crippen molar-refractivity contribution in [1.29, 1.82) is 0 Å². The number of rotatable bonds is 6. The summed E-state index contributed by atoms with van der Waals surface area (Å²) in [4.78, 5) is 22.1. The van der Waals surface area contributed by atoms with Crippen molar-refractivity contribution >= 4 is 12.0 Å². The molecule has 0 heterocycles. The molecule has 0 spiro atoms. The van der Waals surface area contributed by atoms with Crippen molar-refractivity contribution < 1.29 is 14.7 Å². The fraction of sp³-hybridized carbons (Fsp3) is 0.429. The highest BCUT2D eigenvalue weighted by atomic mass is 16.4. The Labute approximate surface area is 113 Å². The number of carboxylic acid groups (broad SMARTS) is 1. The molecule has 0 unspecified atom stereocenters. The zero-order valence-electron chi connectivity index (χ0n) is 11.2. The number of aryl methyl sites for hydroxylation is 1. The summed E-state index contributed by atoms with van der Waals surface area (Å²) in [5.74, 6) is -1.05. The van der Waals surface area contributed by atoms with Crippen LogP contribution in [-0.2, 0) is 11.2 Å². The summed E-state index contributed by atoms with van der Waals surface area (Å²) in [6, 6.07) is 8.66. The smallest absolute Gasteiger partial charge is 0.325 e. The van der Waals surface area contributed by atoms with Gasteiger partial charge in [-0.2, -0.15) is 0 Å². The molecule has 5 heteroatoms. The lowest BCUT2D eigenvalue weighted by Crippen LogP contribution is -2.47. The van der Waals surface area contributed by atoms with E-state index in [1.807, 2.05) is 37.3 Å². The van der Waals surface area contributed by atoms with Crippen LogP contribution in [0.3, 0.4) is 0 Å². The first kappa shape index (κ1) is 15.0. The maximum atomic E-state index is 11.5. The van der Waals surface area contributed by atoms with Gasteiger partial charge in [-0.1, -0.05) is 30.3 Å². The van der Waals surface area contributed by atoms with Gasteiger partial charge in [0.05, 0.1) is 0 Å². The van der Waals surface area contributed by atoms with E-state index in [2.05, 4.69) is 10.6 Å². The largest absolute Gasteiger partial charge is 0.480 e. The van der Waals surface area contributed by atoms with E-state index in [4.69, 9.17) is 5.11 Å². The molecule has 3 N–H and O–H groups in total. The Kier molecular flexibility index (Phi) is 5.85. The van der Waals surface area contributed by atoms with E-state index in [0.29, 0.717) is 0 Å². The van der Waals surface area contributed by atoms with Crippen LogP contribution < -0.4 is 10.6 Å². The maximum absolute atomic E-state index is 11.5. The molecule has 1 aromatic rings. The quantitative estimate of drug-likeness (QED) is 0.733. The Bertz CT molecular complexity index is 420. The van der Waals surface area contributed by atoms with E-state index >= 15 is 0 Å². The minimum atomic E-state index is -1.05. The molecule has 5 nitrogen and oxygen atoms in total. The Hall–Kier alpha value is -2.04. The molecule has 0 radical (unpaired) electrons. The standard InChI is InChI=1S/C14H20N2O3/c1-10(8-9-12-6-4-3-5-7-12)15-14(19)16-11(2)13(17)18/h3-7,10-11H,8-9H2,1-2H3,(H,17,18)(H2,15,16,19)/t10-,11+/m0/s1. The van der Waals surface area contributed by atoms with Crippen LogP contribution in [0.2, 0.25) is 0 Å². The van der Waals surface area contributed by atoms with Crippen LogP contribution in [0.4, 0.5) is 4.79 Å². The van der Waals surface area contributed by atoms with Crippen LogP contribution in [-0.4, -0.2) is 29.2 Å². The van der Waals surface area contributed by atoms with Crippen molar-refractivity contribution in [3.63, 3.8) is 0 Å². The number of carbonyl (C=O) groups is 2. The molecular weight excluding hydrogens is 244 g/mol. The van der Waals surface area contributed by atoms with Crippen LogP contribution in [0.15, 0.2) is 30.3 Å². The summed E-state index contributed by atoms with van der Waals surface area (Å²) in [6.07, 6.45) is 1.68. The normalized spacial score (nSPS) is 13.4. The maximum Gasteiger partial charge on any atom is 0.325 e. The minimum Gasteiger partial charge on any atom is -0.480 e. The number of urea groups is 1.